The van der Waals surface area contributed by atoms with Crippen LogP contribution < -0.4 is 10.0 Å². The highest BCUT2D eigenvalue weighted by molar-refractivity contribution is 7.89. The van der Waals surface area contributed by atoms with Crippen LogP contribution in [0.3, 0.4) is 0 Å². The van der Waals surface area contributed by atoms with Crippen LogP contribution in [0.25, 0.3) is 0 Å². The fourth-order valence-electron chi connectivity index (χ4n) is 2.63. The van der Waals surface area contributed by atoms with E-state index in [4.69, 9.17) is 0 Å². The molecule has 28 heavy (non-hydrogen) atoms. The number of carbonyl (C=O) groups excluding carboxylic acids is 1. The maximum Gasteiger partial charge on any atom is 0.251 e. The SMILES string of the molecule is C[C@@H](CNC(=O)c1ccc(S(=O)(=O)NCc2cccs2)cc1)c1nncn1C. The first-order valence-electron chi connectivity index (χ1n) is 8.61. The van der Waals surface area contributed by atoms with Gasteiger partial charge >= 0.3 is 0 Å². The number of carbonyl (C=O) groups is 1. The van der Waals surface area contributed by atoms with E-state index in [-0.39, 0.29) is 23.3 Å². The Morgan fingerprint density at radius 3 is 2.61 bits per heavy atom. The second kappa shape index (κ2) is 8.63. The second-order valence-electron chi connectivity index (χ2n) is 6.34. The van der Waals surface area contributed by atoms with Crippen molar-refractivity contribution in [2.75, 3.05) is 6.54 Å². The van der Waals surface area contributed by atoms with E-state index in [1.807, 2.05) is 31.5 Å². The molecule has 0 aliphatic rings. The number of aryl methyl sites for hydroxylation is 1. The van der Waals surface area contributed by atoms with Gasteiger partial charge in [-0.05, 0) is 35.7 Å². The lowest BCUT2D eigenvalue weighted by atomic mass is 10.1. The summed E-state index contributed by atoms with van der Waals surface area (Å²) >= 11 is 1.48. The summed E-state index contributed by atoms with van der Waals surface area (Å²) in [6.07, 6.45) is 1.61. The molecule has 1 aromatic carbocycles. The van der Waals surface area contributed by atoms with Gasteiger partial charge in [0.2, 0.25) is 10.0 Å². The van der Waals surface area contributed by atoms with Gasteiger partial charge in [-0.1, -0.05) is 13.0 Å². The highest BCUT2D eigenvalue weighted by Gasteiger charge is 2.16. The van der Waals surface area contributed by atoms with Crippen LogP contribution in [0.15, 0.2) is 53.0 Å². The molecule has 1 amide bonds. The van der Waals surface area contributed by atoms with E-state index in [0.717, 1.165) is 10.7 Å². The predicted octanol–water partition coefficient (Wildman–Crippen LogP) is 1.89. The number of sulfonamides is 1. The van der Waals surface area contributed by atoms with Gasteiger partial charge in [0.05, 0.1) is 4.90 Å². The van der Waals surface area contributed by atoms with E-state index in [1.165, 1.54) is 35.6 Å². The van der Waals surface area contributed by atoms with E-state index < -0.39 is 10.0 Å². The number of rotatable bonds is 8. The van der Waals surface area contributed by atoms with Crippen molar-refractivity contribution in [3.8, 4) is 0 Å². The molecule has 3 aromatic rings. The zero-order chi connectivity index (χ0) is 20.1. The minimum Gasteiger partial charge on any atom is -0.351 e. The van der Waals surface area contributed by atoms with Crippen LogP contribution in [-0.4, -0.2) is 35.6 Å². The van der Waals surface area contributed by atoms with Crippen molar-refractivity contribution in [3.05, 3.63) is 64.4 Å². The van der Waals surface area contributed by atoms with Crippen LogP contribution in [0.2, 0.25) is 0 Å². The van der Waals surface area contributed by atoms with Crippen molar-refractivity contribution >= 4 is 27.3 Å². The Labute approximate surface area is 167 Å². The maximum absolute atomic E-state index is 12.4. The number of benzene rings is 1. The molecule has 0 radical (unpaired) electrons. The maximum atomic E-state index is 12.4. The molecule has 2 N–H and O–H groups in total. The van der Waals surface area contributed by atoms with E-state index in [1.54, 1.807) is 10.9 Å². The molecule has 2 aromatic heterocycles. The minimum absolute atomic E-state index is 0.00227. The molecule has 148 valence electrons. The largest absolute Gasteiger partial charge is 0.351 e. The van der Waals surface area contributed by atoms with Gasteiger partial charge in [0.15, 0.2) is 0 Å². The summed E-state index contributed by atoms with van der Waals surface area (Å²) in [7, 11) is -1.79. The van der Waals surface area contributed by atoms with Crippen molar-refractivity contribution in [3.63, 3.8) is 0 Å². The molecule has 3 rings (SSSR count). The van der Waals surface area contributed by atoms with E-state index in [2.05, 4.69) is 20.2 Å². The summed E-state index contributed by atoms with van der Waals surface area (Å²) in [6, 6.07) is 9.59. The average molecular weight is 420 g/mol. The number of hydrogen-bond acceptors (Lipinski definition) is 6. The number of thiophene rings is 1. The molecule has 0 aliphatic carbocycles. The zero-order valence-corrected chi connectivity index (χ0v) is 17.1. The molecule has 0 bridgehead atoms. The Morgan fingerprint density at radius 1 is 1.25 bits per heavy atom. The zero-order valence-electron chi connectivity index (χ0n) is 15.5. The van der Waals surface area contributed by atoms with Gasteiger partial charge < -0.3 is 9.88 Å². The Hall–Kier alpha value is -2.56. The minimum atomic E-state index is -3.63. The molecular weight excluding hydrogens is 398 g/mol. The quantitative estimate of drug-likeness (QED) is 0.580. The smallest absolute Gasteiger partial charge is 0.251 e. The average Bonchev–Trinajstić information content (AvgIpc) is 3.36. The first-order valence-corrected chi connectivity index (χ1v) is 11.0. The summed E-state index contributed by atoms with van der Waals surface area (Å²) in [6.45, 7) is 2.58. The summed E-state index contributed by atoms with van der Waals surface area (Å²) in [5, 5.41) is 12.6. The third kappa shape index (κ3) is 4.83. The van der Waals surface area contributed by atoms with Crippen LogP contribution in [-0.2, 0) is 23.6 Å². The van der Waals surface area contributed by atoms with Crippen molar-refractivity contribution in [1.29, 1.82) is 0 Å². The lowest BCUT2D eigenvalue weighted by molar-refractivity contribution is 0.0951. The summed E-state index contributed by atoms with van der Waals surface area (Å²) in [4.78, 5) is 13.4. The van der Waals surface area contributed by atoms with Crippen LogP contribution >= 0.6 is 11.3 Å². The Balaban J connectivity index is 1.58. The molecule has 1 atom stereocenters. The molecule has 8 nitrogen and oxygen atoms in total. The van der Waals surface area contributed by atoms with E-state index in [0.29, 0.717) is 12.1 Å². The topological polar surface area (TPSA) is 106 Å². The lowest BCUT2D eigenvalue weighted by Gasteiger charge is -2.12. The Kier molecular flexibility index (Phi) is 6.22. The molecule has 0 aliphatic heterocycles. The number of hydrogen-bond donors (Lipinski definition) is 2. The van der Waals surface area contributed by atoms with Crippen molar-refractivity contribution in [2.24, 2.45) is 7.05 Å². The molecule has 10 heteroatoms. The fourth-order valence-corrected chi connectivity index (χ4v) is 4.37. The monoisotopic (exact) mass is 419 g/mol. The van der Waals surface area contributed by atoms with Gasteiger partial charge in [0.1, 0.15) is 12.2 Å². The molecule has 0 unspecified atom stereocenters. The summed E-state index contributed by atoms with van der Waals surface area (Å²) < 4.78 is 29.1. The Morgan fingerprint density at radius 2 is 2.00 bits per heavy atom. The summed E-state index contributed by atoms with van der Waals surface area (Å²) in [5.41, 5.74) is 0.391. The third-order valence-electron chi connectivity index (χ3n) is 4.20. The van der Waals surface area contributed by atoms with Gasteiger partial charge in [-0.3, -0.25) is 4.79 Å². The second-order valence-corrected chi connectivity index (χ2v) is 9.14. The normalized spacial score (nSPS) is 12.6. The molecule has 0 fully saturated rings. The molecule has 0 saturated heterocycles. The van der Waals surface area contributed by atoms with Gasteiger partial charge in [0, 0.05) is 36.5 Å². The molecule has 0 saturated carbocycles. The van der Waals surface area contributed by atoms with Crippen LogP contribution in [0.1, 0.15) is 33.9 Å². The van der Waals surface area contributed by atoms with Gasteiger partial charge in [-0.25, -0.2) is 13.1 Å². The lowest BCUT2D eigenvalue weighted by Crippen LogP contribution is -2.28. The Bertz CT molecular complexity index is 1030. The third-order valence-corrected chi connectivity index (χ3v) is 6.49. The molecular formula is C18H21N5O3S2. The number of aromatic nitrogens is 3. The highest BCUT2D eigenvalue weighted by Crippen LogP contribution is 2.14. The predicted molar refractivity (Wildman–Crippen MR) is 107 cm³/mol. The van der Waals surface area contributed by atoms with Crippen LogP contribution in [0.4, 0.5) is 0 Å². The van der Waals surface area contributed by atoms with E-state index in [9.17, 15) is 13.2 Å². The first-order chi connectivity index (χ1) is 13.4. The van der Waals surface area contributed by atoms with E-state index >= 15 is 0 Å². The number of nitrogens with one attached hydrogen (secondary N) is 2. The number of nitrogens with zero attached hydrogens (tertiary/aromatic N) is 3. The summed E-state index contributed by atoms with van der Waals surface area (Å²) in [5.74, 6) is 0.501. The van der Waals surface area contributed by atoms with Crippen molar-refractivity contribution in [1.82, 2.24) is 24.8 Å². The van der Waals surface area contributed by atoms with Crippen LogP contribution in [0, 0.1) is 0 Å². The van der Waals surface area contributed by atoms with Gasteiger partial charge in [-0.15, -0.1) is 21.5 Å². The molecule has 2 heterocycles. The highest BCUT2D eigenvalue weighted by atomic mass is 32.2. The van der Waals surface area contributed by atoms with Crippen LogP contribution in [0.5, 0.6) is 0 Å². The first kappa shape index (κ1) is 20.2. The van der Waals surface area contributed by atoms with Gasteiger partial charge in [0.25, 0.3) is 5.91 Å². The molecule has 0 spiro atoms. The van der Waals surface area contributed by atoms with Crippen molar-refractivity contribution < 1.29 is 13.2 Å². The standard InChI is InChI=1S/C18H21N5O3S2/c1-13(17-22-20-12-23(17)2)10-19-18(24)14-5-7-16(8-6-14)28(25,26)21-11-15-4-3-9-27-15/h3-9,12-13,21H,10-11H2,1-2H3,(H,19,24)/t13-/m0/s1. The fraction of sp³-hybridized carbons (Fsp3) is 0.278. The van der Waals surface area contributed by atoms with Gasteiger partial charge in [-0.2, -0.15) is 0 Å². The number of amides is 1. The van der Waals surface area contributed by atoms with Crippen molar-refractivity contribution in [2.45, 2.75) is 24.3 Å².